The number of halogens is 1. The third-order valence-electron chi connectivity index (χ3n) is 5.27. The molecule has 1 saturated heterocycles. The zero-order chi connectivity index (χ0) is 20.1. The van der Waals surface area contributed by atoms with Crippen molar-refractivity contribution in [3.63, 3.8) is 0 Å². The molecule has 0 bridgehead atoms. The van der Waals surface area contributed by atoms with E-state index in [1.54, 1.807) is 7.11 Å². The molecule has 1 heterocycles. The molecule has 5 nitrogen and oxygen atoms in total. The molecule has 0 aliphatic carbocycles. The van der Waals surface area contributed by atoms with Crippen LogP contribution in [0.1, 0.15) is 30.4 Å². The lowest BCUT2D eigenvalue weighted by Gasteiger charge is -2.31. The third-order valence-corrected chi connectivity index (χ3v) is 7.49. The molecule has 0 saturated carbocycles. The maximum atomic E-state index is 12.9. The van der Waals surface area contributed by atoms with Crippen LogP contribution in [0.5, 0.6) is 5.75 Å². The number of rotatable bonds is 6. The molecule has 1 aliphatic rings. The minimum atomic E-state index is -3.60. The first-order valence-electron chi connectivity index (χ1n) is 9.27. The van der Waals surface area contributed by atoms with E-state index in [0.29, 0.717) is 19.0 Å². The number of nitriles is 1. The molecular formula is C21H23ClN2O3S. The largest absolute Gasteiger partial charge is 0.497 e. The predicted octanol–water partition coefficient (Wildman–Crippen LogP) is 4.25. The number of aryl methyl sites for hydroxylation is 1. The van der Waals surface area contributed by atoms with Gasteiger partial charge in [-0.15, -0.1) is 0 Å². The Morgan fingerprint density at radius 3 is 2.46 bits per heavy atom. The van der Waals surface area contributed by atoms with Crippen molar-refractivity contribution in [1.82, 2.24) is 4.31 Å². The smallest absolute Gasteiger partial charge is 0.243 e. The molecule has 0 amide bonds. The van der Waals surface area contributed by atoms with E-state index in [4.69, 9.17) is 21.6 Å². The van der Waals surface area contributed by atoms with Crippen molar-refractivity contribution >= 4 is 21.6 Å². The molecular weight excluding hydrogens is 396 g/mol. The normalized spacial score (nSPS) is 15.9. The summed E-state index contributed by atoms with van der Waals surface area (Å²) < 4.78 is 32.4. The number of hydrogen-bond acceptors (Lipinski definition) is 4. The maximum absolute atomic E-state index is 12.9. The molecule has 7 heteroatoms. The Labute approximate surface area is 171 Å². The van der Waals surface area contributed by atoms with Gasteiger partial charge in [0.1, 0.15) is 11.8 Å². The Morgan fingerprint density at radius 1 is 1.18 bits per heavy atom. The summed E-state index contributed by atoms with van der Waals surface area (Å²) in [5.74, 6) is 1.36. The number of ether oxygens (including phenoxy) is 1. The highest BCUT2D eigenvalue weighted by Gasteiger charge is 2.29. The van der Waals surface area contributed by atoms with Crippen LogP contribution in [0.2, 0.25) is 5.02 Å². The Bertz CT molecular complexity index is 960. The Hall–Kier alpha value is -2.07. The SMILES string of the molecule is COc1ccc(CCC2CCN(S(=O)(=O)c3ccc(Cl)c(C#N)c3)CC2)cc1. The van der Waals surface area contributed by atoms with E-state index < -0.39 is 10.0 Å². The number of piperidine rings is 1. The van der Waals surface area contributed by atoms with Crippen LogP contribution >= 0.6 is 11.6 Å². The van der Waals surface area contributed by atoms with Crippen molar-refractivity contribution in [3.05, 3.63) is 58.6 Å². The van der Waals surface area contributed by atoms with E-state index >= 15 is 0 Å². The molecule has 0 N–H and O–H groups in total. The Balaban J connectivity index is 1.57. The van der Waals surface area contributed by atoms with E-state index in [9.17, 15) is 8.42 Å². The maximum Gasteiger partial charge on any atom is 0.243 e. The van der Waals surface area contributed by atoms with Crippen molar-refractivity contribution < 1.29 is 13.2 Å². The van der Waals surface area contributed by atoms with Gasteiger partial charge in [0, 0.05) is 13.1 Å². The van der Waals surface area contributed by atoms with Crippen LogP contribution in [-0.4, -0.2) is 32.9 Å². The molecule has 0 aromatic heterocycles. The summed E-state index contributed by atoms with van der Waals surface area (Å²) in [7, 11) is -1.95. The topological polar surface area (TPSA) is 70.4 Å². The summed E-state index contributed by atoms with van der Waals surface area (Å²) in [6.07, 6.45) is 3.70. The van der Waals surface area contributed by atoms with Crippen LogP contribution in [0.3, 0.4) is 0 Å². The highest BCUT2D eigenvalue weighted by atomic mass is 35.5. The second-order valence-corrected chi connectivity index (χ2v) is 9.33. The quantitative estimate of drug-likeness (QED) is 0.702. The fourth-order valence-electron chi connectivity index (χ4n) is 3.50. The molecule has 0 radical (unpaired) electrons. The molecule has 148 valence electrons. The second-order valence-electron chi connectivity index (χ2n) is 6.99. The molecule has 2 aromatic rings. The average Bonchev–Trinajstić information content (AvgIpc) is 2.73. The minimum Gasteiger partial charge on any atom is -0.497 e. The molecule has 1 aliphatic heterocycles. The van der Waals surface area contributed by atoms with Crippen LogP contribution < -0.4 is 4.74 Å². The summed E-state index contributed by atoms with van der Waals surface area (Å²) in [6, 6.07) is 14.3. The van der Waals surface area contributed by atoms with E-state index in [-0.39, 0.29) is 15.5 Å². The summed E-state index contributed by atoms with van der Waals surface area (Å²) in [5.41, 5.74) is 1.44. The molecule has 2 aromatic carbocycles. The van der Waals surface area contributed by atoms with Gasteiger partial charge in [-0.05, 0) is 67.5 Å². The lowest BCUT2D eigenvalue weighted by Crippen LogP contribution is -2.38. The number of hydrogen-bond donors (Lipinski definition) is 0. The minimum absolute atomic E-state index is 0.130. The molecule has 0 unspecified atom stereocenters. The van der Waals surface area contributed by atoms with Gasteiger partial charge in [-0.1, -0.05) is 23.7 Å². The van der Waals surface area contributed by atoms with Crippen molar-refractivity contribution in [2.45, 2.75) is 30.6 Å². The fourth-order valence-corrected chi connectivity index (χ4v) is 5.16. The van der Waals surface area contributed by atoms with Gasteiger partial charge >= 0.3 is 0 Å². The van der Waals surface area contributed by atoms with Gasteiger partial charge in [0.25, 0.3) is 0 Å². The van der Waals surface area contributed by atoms with Crippen LogP contribution in [0, 0.1) is 17.2 Å². The molecule has 28 heavy (non-hydrogen) atoms. The Morgan fingerprint density at radius 2 is 1.86 bits per heavy atom. The van der Waals surface area contributed by atoms with Gasteiger partial charge in [0.15, 0.2) is 0 Å². The third kappa shape index (κ3) is 4.67. The van der Waals surface area contributed by atoms with Crippen molar-refractivity contribution in [2.24, 2.45) is 5.92 Å². The van der Waals surface area contributed by atoms with Gasteiger partial charge < -0.3 is 4.74 Å². The summed E-state index contributed by atoms with van der Waals surface area (Å²) in [4.78, 5) is 0.130. The van der Waals surface area contributed by atoms with Crippen LogP contribution in [-0.2, 0) is 16.4 Å². The summed E-state index contributed by atoms with van der Waals surface area (Å²) >= 11 is 5.92. The molecule has 0 atom stereocenters. The van der Waals surface area contributed by atoms with Crippen LogP contribution in [0.15, 0.2) is 47.4 Å². The van der Waals surface area contributed by atoms with Crippen molar-refractivity contribution in [3.8, 4) is 11.8 Å². The number of sulfonamides is 1. The van der Waals surface area contributed by atoms with Gasteiger partial charge in [0.2, 0.25) is 10.0 Å². The molecule has 0 spiro atoms. The zero-order valence-corrected chi connectivity index (χ0v) is 17.3. The van der Waals surface area contributed by atoms with Gasteiger partial charge in [-0.3, -0.25) is 0 Å². The van der Waals surface area contributed by atoms with Crippen molar-refractivity contribution in [1.29, 1.82) is 5.26 Å². The summed E-state index contributed by atoms with van der Waals surface area (Å²) in [5, 5.41) is 9.35. The highest BCUT2D eigenvalue weighted by molar-refractivity contribution is 7.89. The van der Waals surface area contributed by atoms with E-state index in [1.165, 1.54) is 28.1 Å². The first-order chi connectivity index (χ1) is 13.4. The Kier molecular flexibility index (Phi) is 6.61. The monoisotopic (exact) mass is 418 g/mol. The highest BCUT2D eigenvalue weighted by Crippen LogP contribution is 2.28. The molecule has 1 fully saturated rings. The zero-order valence-electron chi connectivity index (χ0n) is 15.8. The van der Waals surface area contributed by atoms with E-state index in [2.05, 4.69) is 12.1 Å². The summed E-state index contributed by atoms with van der Waals surface area (Å²) in [6.45, 7) is 1.00. The number of nitrogens with zero attached hydrogens (tertiary/aromatic N) is 2. The fraction of sp³-hybridized carbons (Fsp3) is 0.381. The van der Waals surface area contributed by atoms with Gasteiger partial charge in [-0.25, -0.2) is 8.42 Å². The first kappa shape index (κ1) is 20.7. The first-order valence-corrected chi connectivity index (χ1v) is 11.1. The standard InChI is InChI=1S/C21H23ClN2O3S/c1-27-19-6-4-16(5-7-19)2-3-17-10-12-24(13-11-17)28(25,26)20-8-9-21(22)18(14-20)15-23/h4-9,14,17H,2-3,10-13H2,1H3. The van der Waals surface area contributed by atoms with Gasteiger partial charge in [0.05, 0.1) is 22.6 Å². The predicted molar refractivity (Wildman–Crippen MR) is 109 cm³/mol. The van der Waals surface area contributed by atoms with Gasteiger partial charge in [-0.2, -0.15) is 9.57 Å². The number of benzene rings is 2. The lowest BCUT2D eigenvalue weighted by molar-refractivity contribution is 0.263. The van der Waals surface area contributed by atoms with Crippen LogP contribution in [0.25, 0.3) is 0 Å². The van der Waals surface area contributed by atoms with Crippen molar-refractivity contribution in [2.75, 3.05) is 20.2 Å². The second kappa shape index (κ2) is 8.95. The average molecular weight is 419 g/mol. The lowest BCUT2D eigenvalue weighted by atomic mass is 9.91. The van der Waals surface area contributed by atoms with E-state index in [1.807, 2.05) is 18.2 Å². The molecule has 3 rings (SSSR count). The van der Waals surface area contributed by atoms with E-state index in [0.717, 1.165) is 31.4 Å². The number of methoxy groups -OCH3 is 1. The van der Waals surface area contributed by atoms with Crippen LogP contribution in [0.4, 0.5) is 0 Å².